The minimum atomic E-state index is 0.214. The number of methoxy groups -OCH3 is 1. The average molecular weight is 267 g/mol. The fourth-order valence-corrected chi connectivity index (χ4v) is 1.70. The van der Waals surface area contributed by atoms with Crippen LogP contribution in [0.25, 0.3) is 0 Å². The van der Waals surface area contributed by atoms with Crippen LogP contribution in [0.3, 0.4) is 0 Å². The van der Waals surface area contributed by atoms with Crippen molar-refractivity contribution in [1.29, 1.82) is 0 Å². The molecule has 0 aliphatic heterocycles. The standard InChI is InChI=1S/C15H25NO3/c1-4-10-18-14-6-8-15(9-7-14)19-12-13(11-17-3)16-5-2/h6-9,13,16H,4-5,10-12H2,1-3H3. The van der Waals surface area contributed by atoms with E-state index in [4.69, 9.17) is 14.2 Å². The third-order valence-corrected chi connectivity index (χ3v) is 2.61. The third kappa shape index (κ3) is 6.45. The smallest absolute Gasteiger partial charge is 0.119 e. The van der Waals surface area contributed by atoms with E-state index in [0.29, 0.717) is 13.2 Å². The molecule has 1 rings (SSSR count). The van der Waals surface area contributed by atoms with Gasteiger partial charge in [-0.3, -0.25) is 0 Å². The molecule has 0 amide bonds. The largest absolute Gasteiger partial charge is 0.494 e. The molecule has 0 fully saturated rings. The van der Waals surface area contributed by atoms with Gasteiger partial charge in [0, 0.05) is 7.11 Å². The van der Waals surface area contributed by atoms with Crippen LogP contribution in [0.4, 0.5) is 0 Å². The van der Waals surface area contributed by atoms with Crippen molar-refractivity contribution in [1.82, 2.24) is 5.32 Å². The van der Waals surface area contributed by atoms with E-state index >= 15 is 0 Å². The van der Waals surface area contributed by atoms with Gasteiger partial charge in [0.2, 0.25) is 0 Å². The molecule has 0 spiro atoms. The first kappa shape index (κ1) is 15.8. The summed E-state index contributed by atoms with van der Waals surface area (Å²) in [4.78, 5) is 0. The number of benzene rings is 1. The van der Waals surface area contributed by atoms with Crippen LogP contribution in [-0.4, -0.2) is 39.5 Å². The molecule has 0 saturated carbocycles. The zero-order valence-electron chi connectivity index (χ0n) is 12.1. The van der Waals surface area contributed by atoms with E-state index in [0.717, 1.165) is 31.1 Å². The highest BCUT2D eigenvalue weighted by atomic mass is 16.5. The second kappa shape index (κ2) is 9.64. The minimum absolute atomic E-state index is 0.214. The van der Waals surface area contributed by atoms with Gasteiger partial charge in [-0.15, -0.1) is 0 Å². The topological polar surface area (TPSA) is 39.7 Å². The second-order valence-electron chi connectivity index (χ2n) is 4.34. The van der Waals surface area contributed by atoms with Crippen LogP contribution in [0.5, 0.6) is 11.5 Å². The van der Waals surface area contributed by atoms with Gasteiger partial charge in [-0.25, -0.2) is 0 Å². The normalized spacial score (nSPS) is 12.2. The lowest BCUT2D eigenvalue weighted by Crippen LogP contribution is -2.38. The van der Waals surface area contributed by atoms with E-state index in [1.54, 1.807) is 7.11 Å². The van der Waals surface area contributed by atoms with Crippen LogP contribution in [0.2, 0.25) is 0 Å². The van der Waals surface area contributed by atoms with Crippen molar-refractivity contribution in [2.45, 2.75) is 26.3 Å². The Kier molecular flexibility index (Phi) is 8.02. The van der Waals surface area contributed by atoms with E-state index in [1.807, 2.05) is 24.3 Å². The summed E-state index contributed by atoms with van der Waals surface area (Å²) in [6, 6.07) is 7.94. The SMILES string of the molecule is CCCOc1ccc(OCC(COC)NCC)cc1. The van der Waals surface area contributed by atoms with Crippen LogP contribution < -0.4 is 14.8 Å². The highest BCUT2D eigenvalue weighted by Gasteiger charge is 2.07. The molecule has 0 aliphatic carbocycles. The van der Waals surface area contributed by atoms with Crippen molar-refractivity contribution in [3.63, 3.8) is 0 Å². The Morgan fingerprint density at radius 3 is 2.16 bits per heavy atom. The summed E-state index contributed by atoms with van der Waals surface area (Å²) in [5.74, 6) is 1.73. The molecule has 108 valence electrons. The number of nitrogens with one attached hydrogen (secondary N) is 1. The average Bonchev–Trinajstić information content (AvgIpc) is 2.44. The van der Waals surface area contributed by atoms with Crippen molar-refractivity contribution < 1.29 is 14.2 Å². The lowest BCUT2D eigenvalue weighted by molar-refractivity contribution is 0.137. The summed E-state index contributed by atoms with van der Waals surface area (Å²) in [6.45, 7) is 7.05. The Balaban J connectivity index is 2.39. The van der Waals surface area contributed by atoms with E-state index in [9.17, 15) is 0 Å². The monoisotopic (exact) mass is 267 g/mol. The van der Waals surface area contributed by atoms with Crippen molar-refractivity contribution in [3.8, 4) is 11.5 Å². The first-order chi connectivity index (χ1) is 9.30. The predicted molar refractivity (Wildman–Crippen MR) is 77.1 cm³/mol. The van der Waals surface area contributed by atoms with Gasteiger partial charge in [-0.1, -0.05) is 13.8 Å². The molecular weight excluding hydrogens is 242 g/mol. The molecule has 1 aromatic rings. The molecule has 0 saturated heterocycles. The summed E-state index contributed by atoms with van der Waals surface area (Å²) >= 11 is 0. The van der Waals surface area contributed by atoms with Crippen molar-refractivity contribution in [2.75, 3.05) is 33.5 Å². The van der Waals surface area contributed by atoms with E-state index in [2.05, 4.69) is 19.2 Å². The molecule has 4 nitrogen and oxygen atoms in total. The Labute approximate surface area is 116 Å². The Morgan fingerprint density at radius 2 is 1.63 bits per heavy atom. The zero-order chi connectivity index (χ0) is 13.9. The number of likely N-dealkylation sites (N-methyl/N-ethyl adjacent to an activating group) is 1. The van der Waals surface area contributed by atoms with Gasteiger partial charge >= 0.3 is 0 Å². The Bertz CT molecular complexity index is 321. The number of hydrogen-bond acceptors (Lipinski definition) is 4. The van der Waals surface area contributed by atoms with Gasteiger partial charge < -0.3 is 19.5 Å². The Morgan fingerprint density at radius 1 is 1.00 bits per heavy atom. The van der Waals surface area contributed by atoms with Crippen LogP contribution in [0.15, 0.2) is 24.3 Å². The molecule has 4 heteroatoms. The molecule has 0 radical (unpaired) electrons. The Hall–Kier alpha value is -1.26. The molecule has 1 aromatic carbocycles. The maximum Gasteiger partial charge on any atom is 0.119 e. The van der Waals surface area contributed by atoms with Crippen molar-refractivity contribution in [3.05, 3.63) is 24.3 Å². The first-order valence-corrected chi connectivity index (χ1v) is 6.88. The fourth-order valence-electron chi connectivity index (χ4n) is 1.70. The second-order valence-corrected chi connectivity index (χ2v) is 4.34. The maximum absolute atomic E-state index is 5.73. The molecule has 19 heavy (non-hydrogen) atoms. The van der Waals surface area contributed by atoms with Gasteiger partial charge in [0.25, 0.3) is 0 Å². The molecule has 1 unspecified atom stereocenters. The zero-order valence-corrected chi connectivity index (χ0v) is 12.1. The van der Waals surface area contributed by atoms with Crippen molar-refractivity contribution >= 4 is 0 Å². The summed E-state index contributed by atoms with van der Waals surface area (Å²) < 4.78 is 16.4. The molecule has 0 heterocycles. The highest BCUT2D eigenvalue weighted by Crippen LogP contribution is 2.17. The summed E-state index contributed by atoms with van der Waals surface area (Å²) in [5.41, 5.74) is 0. The summed E-state index contributed by atoms with van der Waals surface area (Å²) in [5, 5.41) is 3.32. The summed E-state index contributed by atoms with van der Waals surface area (Å²) in [6.07, 6.45) is 1.01. The van der Waals surface area contributed by atoms with E-state index in [1.165, 1.54) is 0 Å². The number of rotatable bonds is 10. The molecule has 1 N–H and O–H groups in total. The van der Waals surface area contributed by atoms with Crippen LogP contribution in [-0.2, 0) is 4.74 Å². The molecule has 1 atom stereocenters. The maximum atomic E-state index is 5.73. The fraction of sp³-hybridized carbons (Fsp3) is 0.600. The predicted octanol–water partition coefficient (Wildman–Crippen LogP) is 2.48. The number of hydrogen-bond donors (Lipinski definition) is 1. The van der Waals surface area contributed by atoms with Gasteiger partial charge in [0.1, 0.15) is 18.1 Å². The lowest BCUT2D eigenvalue weighted by atomic mass is 10.3. The van der Waals surface area contributed by atoms with Crippen LogP contribution in [0, 0.1) is 0 Å². The van der Waals surface area contributed by atoms with Crippen molar-refractivity contribution in [2.24, 2.45) is 0 Å². The van der Waals surface area contributed by atoms with Gasteiger partial charge in [-0.2, -0.15) is 0 Å². The summed E-state index contributed by atoms with van der Waals surface area (Å²) in [7, 11) is 1.70. The van der Waals surface area contributed by atoms with Gasteiger partial charge in [-0.05, 0) is 37.2 Å². The highest BCUT2D eigenvalue weighted by molar-refractivity contribution is 5.31. The lowest BCUT2D eigenvalue weighted by Gasteiger charge is -2.17. The molecule has 0 aromatic heterocycles. The van der Waals surface area contributed by atoms with Gasteiger partial charge in [0.15, 0.2) is 0 Å². The van der Waals surface area contributed by atoms with Crippen LogP contribution >= 0.6 is 0 Å². The first-order valence-electron chi connectivity index (χ1n) is 6.88. The quantitative estimate of drug-likeness (QED) is 0.707. The van der Waals surface area contributed by atoms with E-state index < -0.39 is 0 Å². The molecule has 0 aliphatic rings. The third-order valence-electron chi connectivity index (χ3n) is 2.61. The number of ether oxygens (including phenoxy) is 3. The minimum Gasteiger partial charge on any atom is -0.494 e. The van der Waals surface area contributed by atoms with E-state index in [-0.39, 0.29) is 6.04 Å². The molecule has 0 bridgehead atoms. The van der Waals surface area contributed by atoms with Crippen LogP contribution in [0.1, 0.15) is 20.3 Å². The molecular formula is C15H25NO3. The van der Waals surface area contributed by atoms with Gasteiger partial charge in [0.05, 0.1) is 19.3 Å².